The van der Waals surface area contributed by atoms with E-state index in [4.69, 9.17) is 25.8 Å². The van der Waals surface area contributed by atoms with E-state index >= 15 is 8.78 Å². The molecule has 1 heterocycles. The molecule has 0 aliphatic carbocycles. The third-order valence-corrected chi connectivity index (χ3v) is 10.8. The zero-order chi connectivity index (χ0) is 38.2. The fraction of sp³-hybridized carbons (Fsp3) is 0.353. The van der Waals surface area contributed by atoms with Crippen LogP contribution in [-0.4, -0.2) is 63.2 Å². The van der Waals surface area contributed by atoms with Gasteiger partial charge in [0.25, 0.3) is 15.9 Å². The summed E-state index contributed by atoms with van der Waals surface area (Å²) in [5, 5.41) is 8.70. The minimum atomic E-state index is -4.54. The lowest BCUT2D eigenvalue weighted by Crippen LogP contribution is -2.40. The van der Waals surface area contributed by atoms with E-state index in [1.807, 2.05) is 20.8 Å². The van der Waals surface area contributed by atoms with E-state index in [1.54, 1.807) is 13.0 Å². The van der Waals surface area contributed by atoms with Crippen molar-refractivity contribution in [2.45, 2.75) is 51.2 Å². The number of hydrogen-bond acceptors (Lipinski definition) is 11. The van der Waals surface area contributed by atoms with Gasteiger partial charge in [0.1, 0.15) is 36.1 Å². The maximum Gasteiger partial charge on any atom is 0.407 e. The summed E-state index contributed by atoms with van der Waals surface area (Å²) in [7, 11) is -1.71. The number of carbonyl (C=O) groups excluding carboxylic acids is 2. The summed E-state index contributed by atoms with van der Waals surface area (Å²) >= 11 is 6.83. The summed E-state index contributed by atoms with van der Waals surface area (Å²) in [6.45, 7) is 6.96. The standard InChI is InChI=1S/C34H39ClF2N6O7S2/c1-7-38-32(45)50-18-30(34(2,3)4)42-27-13-22(35)9-11-24(27)31(44)39-16-21-12-26(37)28(15-25(21)36)43(52(46,47)33-40-19-41-51-33)17-20-8-10-23(48-5)14-29(20)49-6/h8-15,19,30,42H,7,16-18H2,1-6H3,(H,38,45)(H,39,44). The first-order chi connectivity index (χ1) is 24.6. The normalized spacial score (nSPS) is 12.1. The summed E-state index contributed by atoms with van der Waals surface area (Å²) < 4.78 is 79.0. The molecular formula is C34H39ClF2N6O7S2. The van der Waals surface area contributed by atoms with Crippen LogP contribution in [0.5, 0.6) is 11.5 Å². The van der Waals surface area contributed by atoms with E-state index in [1.165, 1.54) is 44.6 Å². The summed E-state index contributed by atoms with van der Waals surface area (Å²) in [5.41, 5.74) is -0.524. The second-order valence-corrected chi connectivity index (χ2v) is 15.6. The van der Waals surface area contributed by atoms with Gasteiger partial charge in [-0.15, -0.1) is 0 Å². The Bertz CT molecular complexity index is 2000. The molecule has 0 saturated heterocycles. The maximum absolute atomic E-state index is 15.9. The molecule has 0 aliphatic heterocycles. The average Bonchev–Trinajstić information content (AvgIpc) is 3.65. The average molecular weight is 781 g/mol. The highest BCUT2D eigenvalue weighted by molar-refractivity contribution is 7.94. The van der Waals surface area contributed by atoms with Gasteiger partial charge in [-0.2, -0.15) is 12.8 Å². The van der Waals surface area contributed by atoms with E-state index in [0.29, 0.717) is 44.4 Å². The zero-order valence-electron chi connectivity index (χ0n) is 29.3. The van der Waals surface area contributed by atoms with E-state index in [0.717, 1.165) is 18.5 Å². The highest BCUT2D eigenvalue weighted by atomic mass is 35.5. The lowest BCUT2D eigenvalue weighted by molar-refractivity contribution is 0.0950. The zero-order valence-corrected chi connectivity index (χ0v) is 31.6. The molecule has 3 N–H and O–H groups in total. The molecule has 1 unspecified atom stereocenters. The van der Waals surface area contributed by atoms with Gasteiger partial charge in [-0.05, 0) is 60.3 Å². The van der Waals surface area contributed by atoms with Crippen LogP contribution in [-0.2, 0) is 27.8 Å². The number of halogens is 3. The first-order valence-electron chi connectivity index (χ1n) is 15.8. The number of aromatic nitrogens is 2. The van der Waals surface area contributed by atoms with Gasteiger partial charge >= 0.3 is 6.09 Å². The number of nitrogens with zero attached hydrogens (tertiary/aromatic N) is 3. The van der Waals surface area contributed by atoms with Crippen LogP contribution in [0.15, 0.2) is 59.2 Å². The molecule has 0 aliphatic rings. The molecule has 3 aromatic carbocycles. The summed E-state index contributed by atoms with van der Waals surface area (Å²) in [4.78, 5) is 29.2. The van der Waals surface area contributed by atoms with Crippen LogP contribution in [0.25, 0.3) is 0 Å². The molecule has 0 fully saturated rings. The van der Waals surface area contributed by atoms with Crippen molar-refractivity contribution in [1.82, 2.24) is 20.0 Å². The van der Waals surface area contributed by atoms with Crippen LogP contribution in [0, 0.1) is 17.0 Å². The number of methoxy groups -OCH3 is 2. The van der Waals surface area contributed by atoms with E-state index < -0.39 is 68.2 Å². The number of alkyl carbamates (subject to hydrolysis) is 1. The molecule has 1 atom stereocenters. The minimum Gasteiger partial charge on any atom is -0.497 e. The van der Waals surface area contributed by atoms with Gasteiger partial charge in [0.2, 0.25) is 4.34 Å². The van der Waals surface area contributed by atoms with Crippen molar-refractivity contribution in [3.05, 3.63) is 88.2 Å². The molecule has 0 spiro atoms. The molecule has 4 rings (SSSR count). The van der Waals surface area contributed by atoms with Gasteiger partial charge in [0, 0.05) is 47.1 Å². The number of nitrogens with one attached hydrogen (secondary N) is 3. The van der Waals surface area contributed by atoms with Crippen molar-refractivity contribution in [3.63, 3.8) is 0 Å². The van der Waals surface area contributed by atoms with E-state index in [-0.39, 0.29) is 23.5 Å². The number of anilines is 2. The second-order valence-electron chi connectivity index (χ2n) is 12.4. The summed E-state index contributed by atoms with van der Waals surface area (Å²) in [5.74, 6) is -2.03. The Kier molecular flexibility index (Phi) is 13.2. The van der Waals surface area contributed by atoms with Crippen molar-refractivity contribution in [2.24, 2.45) is 5.41 Å². The number of sulfonamides is 1. The number of hydrogen-bond donors (Lipinski definition) is 3. The molecule has 0 saturated carbocycles. The molecule has 280 valence electrons. The Hall–Kier alpha value is -4.74. The highest BCUT2D eigenvalue weighted by Gasteiger charge is 2.32. The predicted molar refractivity (Wildman–Crippen MR) is 194 cm³/mol. The van der Waals surface area contributed by atoms with Crippen molar-refractivity contribution in [3.8, 4) is 11.5 Å². The first kappa shape index (κ1) is 40.0. The fourth-order valence-electron chi connectivity index (χ4n) is 4.87. The third-order valence-electron chi connectivity index (χ3n) is 7.79. The smallest absolute Gasteiger partial charge is 0.407 e. The number of amides is 2. The predicted octanol–water partition coefficient (Wildman–Crippen LogP) is 6.39. The van der Waals surface area contributed by atoms with Crippen molar-refractivity contribution in [2.75, 3.05) is 37.0 Å². The Morgan fingerprint density at radius 2 is 1.75 bits per heavy atom. The number of ether oxygens (including phenoxy) is 3. The second kappa shape index (κ2) is 17.2. The molecule has 4 aromatic rings. The van der Waals surface area contributed by atoms with Crippen molar-refractivity contribution in [1.29, 1.82) is 0 Å². The van der Waals surface area contributed by atoms with Gasteiger partial charge in [0.15, 0.2) is 0 Å². The van der Waals surface area contributed by atoms with Crippen LogP contribution in [0.4, 0.5) is 25.0 Å². The SMILES string of the molecule is CCNC(=O)OCC(Nc1cc(Cl)ccc1C(=O)NCc1cc(F)c(N(Cc2ccc(OC)cc2OC)S(=O)(=O)c2ncns2)cc1F)C(C)(C)C. The topological polar surface area (TPSA) is 161 Å². The lowest BCUT2D eigenvalue weighted by Gasteiger charge is -2.32. The number of carbonyl (C=O) groups is 2. The Labute approximate surface area is 309 Å². The van der Waals surface area contributed by atoms with Gasteiger partial charge in [-0.25, -0.2) is 18.6 Å². The molecule has 0 bridgehead atoms. The monoisotopic (exact) mass is 780 g/mol. The Morgan fingerprint density at radius 3 is 2.38 bits per heavy atom. The van der Waals surface area contributed by atoms with Crippen LogP contribution in [0.3, 0.4) is 0 Å². The van der Waals surface area contributed by atoms with Gasteiger partial charge in [-0.1, -0.05) is 32.4 Å². The first-order valence-corrected chi connectivity index (χ1v) is 18.4. The van der Waals surface area contributed by atoms with E-state index in [9.17, 15) is 18.0 Å². The molecule has 18 heteroatoms. The van der Waals surface area contributed by atoms with Crippen LogP contribution < -0.4 is 29.7 Å². The van der Waals surface area contributed by atoms with Crippen LogP contribution >= 0.6 is 23.1 Å². The highest BCUT2D eigenvalue weighted by Crippen LogP contribution is 2.34. The third kappa shape index (κ3) is 9.77. The molecule has 13 nitrogen and oxygen atoms in total. The lowest BCUT2D eigenvalue weighted by atomic mass is 9.87. The molecule has 0 radical (unpaired) electrons. The van der Waals surface area contributed by atoms with Crippen LogP contribution in [0.1, 0.15) is 49.2 Å². The quantitative estimate of drug-likeness (QED) is 0.123. The van der Waals surface area contributed by atoms with Crippen LogP contribution in [0.2, 0.25) is 5.02 Å². The molecular weight excluding hydrogens is 742 g/mol. The van der Waals surface area contributed by atoms with Crippen molar-refractivity contribution >= 4 is 56.5 Å². The summed E-state index contributed by atoms with van der Waals surface area (Å²) in [6, 6.07) is 10.2. The number of benzene rings is 3. The largest absolute Gasteiger partial charge is 0.497 e. The molecule has 52 heavy (non-hydrogen) atoms. The van der Waals surface area contributed by atoms with E-state index in [2.05, 4.69) is 25.3 Å². The summed E-state index contributed by atoms with van der Waals surface area (Å²) in [6.07, 6.45) is 0.446. The minimum absolute atomic E-state index is 0.0310. The van der Waals surface area contributed by atoms with Gasteiger partial charge in [0.05, 0.1) is 38.1 Å². The Balaban J connectivity index is 1.61. The van der Waals surface area contributed by atoms with Crippen molar-refractivity contribution < 1.29 is 41.0 Å². The molecule has 1 aromatic heterocycles. The maximum atomic E-state index is 15.9. The fourth-order valence-corrected chi connectivity index (χ4v) is 7.17. The van der Waals surface area contributed by atoms with Gasteiger partial charge < -0.3 is 30.2 Å². The van der Waals surface area contributed by atoms with Gasteiger partial charge in [-0.3, -0.25) is 9.10 Å². The number of rotatable bonds is 15. The Morgan fingerprint density at radius 1 is 1.00 bits per heavy atom. The molecule has 2 amide bonds.